The van der Waals surface area contributed by atoms with Gasteiger partial charge in [-0.15, -0.1) is 0 Å². The summed E-state index contributed by atoms with van der Waals surface area (Å²) in [5.41, 5.74) is 5.18. The van der Waals surface area contributed by atoms with Crippen molar-refractivity contribution in [2.24, 2.45) is 0 Å². The number of anilines is 1. The number of amides is 2. The van der Waals surface area contributed by atoms with Crippen LogP contribution in [-0.2, 0) is 0 Å². The summed E-state index contributed by atoms with van der Waals surface area (Å²) in [7, 11) is 0. The Hall–Kier alpha value is -3.15. The predicted molar refractivity (Wildman–Crippen MR) is 108 cm³/mol. The van der Waals surface area contributed by atoms with Crippen molar-refractivity contribution < 1.29 is 9.32 Å². The van der Waals surface area contributed by atoms with E-state index in [9.17, 15) is 4.79 Å². The summed E-state index contributed by atoms with van der Waals surface area (Å²) in [5, 5.41) is 7.14. The maximum absolute atomic E-state index is 12.9. The fraction of sp³-hybridized carbons (Fsp3) is 0.318. The molecule has 0 aliphatic carbocycles. The van der Waals surface area contributed by atoms with E-state index in [-0.39, 0.29) is 12.1 Å². The Morgan fingerprint density at radius 2 is 1.93 bits per heavy atom. The van der Waals surface area contributed by atoms with Crippen LogP contribution in [0.2, 0.25) is 0 Å². The van der Waals surface area contributed by atoms with E-state index in [0.29, 0.717) is 18.3 Å². The van der Waals surface area contributed by atoms with Gasteiger partial charge in [0.25, 0.3) is 0 Å². The molecule has 1 aliphatic rings. The van der Waals surface area contributed by atoms with Gasteiger partial charge in [-0.1, -0.05) is 35.5 Å². The van der Waals surface area contributed by atoms with Crippen molar-refractivity contribution in [3.05, 3.63) is 65.0 Å². The van der Waals surface area contributed by atoms with E-state index in [1.807, 2.05) is 56.3 Å². The van der Waals surface area contributed by atoms with E-state index in [2.05, 4.69) is 22.4 Å². The fourth-order valence-corrected chi connectivity index (χ4v) is 3.58. The molecule has 4 rings (SSSR count). The molecule has 0 bridgehead atoms. The topological polar surface area (TPSA) is 71.3 Å². The molecule has 1 aliphatic heterocycles. The van der Waals surface area contributed by atoms with Crippen molar-refractivity contribution in [1.29, 1.82) is 0 Å². The second-order valence-electron chi connectivity index (χ2n) is 7.35. The third-order valence-electron chi connectivity index (χ3n) is 5.38. The van der Waals surface area contributed by atoms with E-state index in [0.717, 1.165) is 35.2 Å². The van der Waals surface area contributed by atoms with Crippen LogP contribution in [0.15, 0.2) is 47.0 Å². The molecule has 0 unspecified atom stereocenters. The predicted octanol–water partition coefficient (Wildman–Crippen LogP) is 5.03. The Morgan fingerprint density at radius 1 is 1.11 bits per heavy atom. The van der Waals surface area contributed by atoms with Gasteiger partial charge in [0.05, 0.1) is 0 Å². The highest BCUT2D eigenvalue weighted by atomic mass is 16.5. The summed E-state index contributed by atoms with van der Waals surface area (Å²) in [4.78, 5) is 19.2. The maximum atomic E-state index is 12.9. The second-order valence-corrected chi connectivity index (χ2v) is 7.35. The molecule has 28 heavy (non-hydrogen) atoms. The quantitative estimate of drug-likeness (QED) is 0.696. The summed E-state index contributed by atoms with van der Waals surface area (Å²) in [5.74, 6) is 1.06. The third kappa shape index (κ3) is 3.50. The van der Waals surface area contributed by atoms with Crippen LogP contribution in [0.3, 0.4) is 0 Å². The van der Waals surface area contributed by atoms with E-state index < -0.39 is 0 Å². The zero-order valence-corrected chi connectivity index (χ0v) is 16.4. The third-order valence-corrected chi connectivity index (χ3v) is 5.38. The van der Waals surface area contributed by atoms with Gasteiger partial charge in [0.15, 0.2) is 0 Å². The molecule has 1 aromatic heterocycles. The fourth-order valence-electron chi connectivity index (χ4n) is 3.58. The van der Waals surface area contributed by atoms with Crippen molar-refractivity contribution in [3.63, 3.8) is 0 Å². The van der Waals surface area contributed by atoms with Gasteiger partial charge < -0.3 is 14.7 Å². The number of likely N-dealkylation sites (tertiary alicyclic amines) is 1. The summed E-state index contributed by atoms with van der Waals surface area (Å²) < 4.78 is 5.54. The molecule has 3 aromatic rings. The SMILES string of the molecule is Cc1ccc(NC(=O)N2CCC[C@H]2c2nc(-c3ccccc3C)no2)cc1C. The number of urea groups is 1. The number of nitrogens with one attached hydrogen (secondary N) is 1. The number of hydrogen-bond acceptors (Lipinski definition) is 4. The molecule has 2 aromatic carbocycles. The second kappa shape index (κ2) is 7.46. The van der Waals surface area contributed by atoms with Crippen molar-refractivity contribution in [3.8, 4) is 11.4 Å². The minimum absolute atomic E-state index is 0.138. The van der Waals surface area contributed by atoms with Gasteiger partial charge in [-0.3, -0.25) is 0 Å². The van der Waals surface area contributed by atoms with E-state index in [1.165, 1.54) is 5.56 Å². The van der Waals surface area contributed by atoms with Crippen molar-refractivity contribution >= 4 is 11.7 Å². The molecule has 0 saturated carbocycles. The first-order valence-electron chi connectivity index (χ1n) is 9.57. The molecular formula is C22H24N4O2. The highest BCUT2D eigenvalue weighted by molar-refractivity contribution is 5.89. The lowest BCUT2D eigenvalue weighted by Crippen LogP contribution is -2.34. The lowest BCUT2D eigenvalue weighted by atomic mass is 10.1. The first kappa shape index (κ1) is 18.2. The summed E-state index contributed by atoms with van der Waals surface area (Å²) in [6, 6.07) is 13.5. The number of rotatable bonds is 3. The molecule has 2 amide bonds. The number of hydrogen-bond donors (Lipinski definition) is 1. The Bertz CT molecular complexity index is 1010. The highest BCUT2D eigenvalue weighted by Gasteiger charge is 2.34. The number of aromatic nitrogens is 2. The zero-order chi connectivity index (χ0) is 19.7. The van der Waals surface area contributed by atoms with E-state index >= 15 is 0 Å². The smallest absolute Gasteiger partial charge is 0.322 e. The van der Waals surface area contributed by atoms with Crippen molar-refractivity contribution in [2.45, 2.75) is 39.7 Å². The molecule has 6 nitrogen and oxygen atoms in total. The van der Waals surface area contributed by atoms with Crippen LogP contribution < -0.4 is 5.32 Å². The molecule has 144 valence electrons. The lowest BCUT2D eigenvalue weighted by molar-refractivity contribution is 0.193. The Balaban J connectivity index is 1.53. The number of benzene rings is 2. The van der Waals surface area contributed by atoms with Gasteiger partial charge in [-0.2, -0.15) is 4.98 Å². The average Bonchev–Trinajstić information content (AvgIpc) is 3.34. The van der Waals surface area contributed by atoms with Crippen LogP contribution in [0.1, 0.15) is 41.5 Å². The largest absolute Gasteiger partial charge is 0.337 e. The summed E-state index contributed by atoms with van der Waals surface area (Å²) in [6.45, 7) is 6.78. The molecule has 6 heteroatoms. The maximum Gasteiger partial charge on any atom is 0.322 e. The number of carbonyl (C=O) groups excluding carboxylic acids is 1. The first-order valence-corrected chi connectivity index (χ1v) is 9.57. The first-order chi connectivity index (χ1) is 13.5. The lowest BCUT2D eigenvalue weighted by Gasteiger charge is -2.22. The monoisotopic (exact) mass is 376 g/mol. The normalized spacial score (nSPS) is 16.4. The average molecular weight is 376 g/mol. The Morgan fingerprint density at radius 3 is 2.71 bits per heavy atom. The molecule has 0 spiro atoms. The molecule has 1 fully saturated rings. The van der Waals surface area contributed by atoms with Crippen LogP contribution in [0.4, 0.5) is 10.5 Å². The molecule has 1 atom stereocenters. The molecule has 1 saturated heterocycles. The van der Waals surface area contributed by atoms with Gasteiger partial charge in [-0.05, 0) is 62.4 Å². The van der Waals surface area contributed by atoms with Crippen molar-refractivity contribution in [1.82, 2.24) is 15.0 Å². The van der Waals surface area contributed by atoms with Gasteiger partial charge >= 0.3 is 6.03 Å². The van der Waals surface area contributed by atoms with E-state index in [1.54, 1.807) is 4.90 Å². The number of aryl methyl sites for hydroxylation is 3. The molecule has 1 N–H and O–H groups in total. The zero-order valence-electron chi connectivity index (χ0n) is 16.4. The summed E-state index contributed by atoms with van der Waals surface area (Å²) >= 11 is 0. The van der Waals surface area contributed by atoms with Crippen LogP contribution >= 0.6 is 0 Å². The van der Waals surface area contributed by atoms with Gasteiger partial charge in [0.1, 0.15) is 6.04 Å². The Labute approximate surface area is 164 Å². The molecule has 0 radical (unpaired) electrons. The molecular weight excluding hydrogens is 352 g/mol. The number of nitrogens with zero attached hydrogens (tertiary/aromatic N) is 3. The van der Waals surface area contributed by atoms with Crippen LogP contribution in [0.5, 0.6) is 0 Å². The van der Waals surface area contributed by atoms with Gasteiger partial charge in [-0.25, -0.2) is 4.79 Å². The van der Waals surface area contributed by atoms with Crippen LogP contribution in [0, 0.1) is 20.8 Å². The minimum atomic E-state index is -0.197. The number of carbonyl (C=O) groups is 1. The van der Waals surface area contributed by atoms with Crippen LogP contribution in [-0.4, -0.2) is 27.6 Å². The highest BCUT2D eigenvalue weighted by Crippen LogP contribution is 2.33. The van der Waals surface area contributed by atoms with Crippen LogP contribution in [0.25, 0.3) is 11.4 Å². The molecule has 2 heterocycles. The Kier molecular flexibility index (Phi) is 4.86. The standard InChI is InChI=1S/C22H24N4O2/c1-14-10-11-17(13-16(14)3)23-22(27)26-12-6-9-19(26)21-24-20(25-28-21)18-8-5-4-7-15(18)2/h4-5,7-8,10-11,13,19H,6,9,12H2,1-3H3,(H,23,27)/t19-/m0/s1. The van der Waals surface area contributed by atoms with Gasteiger partial charge in [0.2, 0.25) is 11.7 Å². The van der Waals surface area contributed by atoms with E-state index in [4.69, 9.17) is 4.52 Å². The summed E-state index contributed by atoms with van der Waals surface area (Å²) in [6.07, 6.45) is 1.73. The van der Waals surface area contributed by atoms with Crippen molar-refractivity contribution in [2.75, 3.05) is 11.9 Å². The van der Waals surface area contributed by atoms with Gasteiger partial charge in [0, 0.05) is 17.8 Å². The minimum Gasteiger partial charge on any atom is -0.337 e.